The molecule has 0 bridgehead atoms. The Hall–Kier alpha value is -1.41. The zero-order valence-corrected chi connectivity index (χ0v) is 11.4. The molecule has 0 aliphatic carbocycles. The molecule has 100 valence electrons. The van der Waals surface area contributed by atoms with Gasteiger partial charge in [0.1, 0.15) is 0 Å². The summed E-state index contributed by atoms with van der Waals surface area (Å²) >= 11 is 6.27. The van der Waals surface area contributed by atoms with Crippen LogP contribution in [0.2, 0.25) is 0 Å². The fourth-order valence-corrected chi connectivity index (χ4v) is 2.29. The quantitative estimate of drug-likeness (QED) is 0.688. The first kappa shape index (κ1) is 14.0. The molecule has 1 atom stereocenters. The summed E-state index contributed by atoms with van der Waals surface area (Å²) in [5.74, 6) is -1.64. The van der Waals surface area contributed by atoms with Gasteiger partial charge < -0.3 is 0 Å². The largest absolute Gasteiger partial charge is 0.204 e. The van der Waals surface area contributed by atoms with Crippen LogP contribution in [0.25, 0.3) is 0 Å². The first-order chi connectivity index (χ1) is 9.11. The van der Waals surface area contributed by atoms with Gasteiger partial charge in [0.15, 0.2) is 11.6 Å². The summed E-state index contributed by atoms with van der Waals surface area (Å²) in [6.45, 7) is 2.08. The molecule has 19 heavy (non-hydrogen) atoms. The maximum atomic E-state index is 13.6. The van der Waals surface area contributed by atoms with Crippen molar-refractivity contribution in [1.29, 1.82) is 0 Å². The summed E-state index contributed by atoms with van der Waals surface area (Å²) in [6, 6.07) is 12.1. The minimum Gasteiger partial charge on any atom is -0.204 e. The predicted molar refractivity (Wildman–Crippen MR) is 74.5 cm³/mol. The van der Waals surface area contributed by atoms with Crippen LogP contribution in [0.15, 0.2) is 42.5 Å². The molecule has 0 radical (unpaired) electrons. The Labute approximate surface area is 117 Å². The van der Waals surface area contributed by atoms with Gasteiger partial charge in [0.25, 0.3) is 0 Å². The van der Waals surface area contributed by atoms with E-state index in [-0.39, 0.29) is 11.8 Å². The molecule has 0 aromatic heterocycles. The van der Waals surface area contributed by atoms with Crippen LogP contribution >= 0.6 is 11.6 Å². The fraction of sp³-hybridized carbons (Fsp3) is 0.250. The van der Waals surface area contributed by atoms with Crippen molar-refractivity contribution in [3.63, 3.8) is 0 Å². The van der Waals surface area contributed by atoms with Crippen LogP contribution in [0.4, 0.5) is 8.78 Å². The van der Waals surface area contributed by atoms with Crippen molar-refractivity contribution in [2.24, 2.45) is 0 Å². The van der Waals surface area contributed by atoms with Crippen molar-refractivity contribution >= 4 is 11.6 Å². The highest BCUT2D eigenvalue weighted by atomic mass is 35.5. The molecule has 0 amide bonds. The second-order valence-electron chi connectivity index (χ2n) is 4.48. The minimum atomic E-state index is -0.831. The van der Waals surface area contributed by atoms with E-state index in [0.717, 1.165) is 18.1 Å². The van der Waals surface area contributed by atoms with Gasteiger partial charge in [-0.15, -0.1) is 11.6 Å². The highest BCUT2D eigenvalue weighted by molar-refractivity contribution is 6.20. The van der Waals surface area contributed by atoms with Gasteiger partial charge in [-0.2, -0.15) is 0 Å². The van der Waals surface area contributed by atoms with E-state index in [0.29, 0.717) is 5.56 Å². The summed E-state index contributed by atoms with van der Waals surface area (Å²) in [6.07, 6.45) is 1.24. The summed E-state index contributed by atoms with van der Waals surface area (Å²) in [5.41, 5.74) is 2.45. The fourth-order valence-electron chi connectivity index (χ4n) is 1.98. The van der Waals surface area contributed by atoms with Gasteiger partial charge in [-0.05, 0) is 35.6 Å². The maximum absolute atomic E-state index is 13.6. The first-order valence-corrected chi connectivity index (χ1v) is 6.71. The van der Waals surface area contributed by atoms with E-state index in [2.05, 4.69) is 6.92 Å². The molecule has 0 aliphatic heterocycles. The molecule has 1 unspecified atom stereocenters. The van der Waals surface area contributed by atoms with Crippen molar-refractivity contribution in [2.45, 2.75) is 25.1 Å². The third-order valence-corrected chi connectivity index (χ3v) is 3.59. The van der Waals surface area contributed by atoms with Crippen LogP contribution in [0.1, 0.15) is 29.0 Å². The second-order valence-corrected chi connectivity index (χ2v) is 5.01. The molecular formula is C16H15ClF2. The molecule has 0 N–H and O–H groups in total. The number of hydrogen-bond acceptors (Lipinski definition) is 0. The summed E-state index contributed by atoms with van der Waals surface area (Å²) in [7, 11) is 0. The molecule has 0 spiro atoms. The normalized spacial score (nSPS) is 12.4. The number of rotatable bonds is 4. The van der Waals surface area contributed by atoms with Crippen LogP contribution < -0.4 is 0 Å². The van der Waals surface area contributed by atoms with Gasteiger partial charge in [0.2, 0.25) is 0 Å². The topological polar surface area (TPSA) is 0 Å². The Kier molecular flexibility index (Phi) is 4.54. The van der Waals surface area contributed by atoms with Gasteiger partial charge in [0.05, 0.1) is 5.38 Å². The summed E-state index contributed by atoms with van der Waals surface area (Å²) < 4.78 is 26.7. The molecule has 0 aliphatic rings. The first-order valence-electron chi connectivity index (χ1n) is 6.27. The van der Waals surface area contributed by atoms with E-state index in [1.165, 1.54) is 11.6 Å². The Balaban J connectivity index is 2.15. The number of alkyl halides is 1. The second kappa shape index (κ2) is 6.16. The van der Waals surface area contributed by atoms with E-state index in [1.807, 2.05) is 24.3 Å². The van der Waals surface area contributed by atoms with Crippen LogP contribution in [0, 0.1) is 11.6 Å². The van der Waals surface area contributed by atoms with Crippen molar-refractivity contribution in [1.82, 2.24) is 0 Å². The van der Waals surface area contributed by atoms with Crippen LogP contribution in [0.5, 0.6) is 0 Å². The van der Waals surface area contributed by atoms with Gasteiger partial charge in [-0.3, -0.25) is 0 Å². The van der Waals surface area contributed by atoms with Gasteiger partial charge in [0, 0.05) is 0 Å². The molecule has 0 nitrogen and oxygen atoms in total. The smallest absolute Gasteiger partial charge is 0.162 e. The van der Waals surface area contributed by atoms with Crippen LogP contribution in [-0.2, 0) is 12.8 Å². The van der Waals surface area contributed by atoms with Crippen LogP contribution in [0.3, 0.4) is 0 Å². The van der Waals surface area contributed by atoms with Crippen molar-refractivity contribution in [3.05, 3.63) is 70.8 Å². The molecule has 3 heteroatoms. The van der Waals surface area contributed by atoms with E-state index in [9.17, 15) is 8.78 Å². The monoisotopic (exact) mass is 280 g/mol. The zero-order chi connectivity index (χ0) is 13.8. The molecule has 2 aromatic carbocycles. The van der Waals surface area contributed by atoms with E-state index >= 15 is 0 Å². The van der Waals surface area contributed by atoms with Crippen molar-refractivity contribution in [2.75, 3.05) is 0 Å². The molecule has 2 rings (SSSR count). The number of hydrogen-bond donors (Lipinski definition) is 0. The minimum absolute atomic E-state index is 0.274. The maximum Gasteiger partial charge on any atom is 0.162 e. The van der Waals surface area contributed by atoms with Crippen molar-refractivity contribution in [3.8, 4) is 0 Å². The van der Waals surface area contributed by atoms with Crippen LogP contribution in [-0.4, -0.2) is 0 Å². The molecule has 0 fully saturated rings. The van der Waals surface area contributed by atoms with Gasteiger partial charge >= 0.3 is 0 Å². The Morgan fingerprint density at radius 2 is 1.74 bits per heavy atom. The highest BCUT2D eigenvalue weighted by Gasteiger charge is 2.14. The average Bonchev–Trinajstić information content (AvgIpc) is 2.44. The van der Waals surface area contributed by atoms with E-state index in [1.54, 1.807) is 6.07 Å². The number of halogens is 3. The van der Waals surface area contributed by atoms with E-state index < -0.39 is 11.6 Å². The lowest BCUT2D eigenvalue weighted by atomic mass is 10.0. The Morgan fingerprint density at radius 3 is 2.37 bits per heavy atom. The lowest BCUT2D eigenvalue weighted by Gasteiger charge is -2.11. The lowest BCUT2D eigenvalue weighted by Crippen LogP contribution is -2.00. The van der Waals surface area contributed by atoms with Crippen molar-refractivity contribution < 1.29 is 8.78 Å². The molecular weight excluding hydrogens is 266 g/mol. The molecule has 0 saturated heterocycles. The highest BCUT2D eigenvalue weighted by Crippen LogP contribution is 2.27. The number of aryl methyl sites for hydroxylation is 1. The third kappa shape index (κ3) is 3.32. The summed E-state index contributed by atoms with van der Waals surface area (Å²) in [5, 5.41) is -0.359. The SMILES string of the molecule is CCc1ccc(C(Cl)Cc2cccc(F)c2F)cc1. The number of benzene rings is 2. The zero-order valence-electron chi connectivity index (χ0n) is 10.7. The Bertz CT molecular complexity index is 549. The van der Waals surface area contributed by atoms with Gasteiger partial charge in [-0.1, -0.05) is 43.3 Å². The summed E-state index contributed by atoms with van der Waals surface area (Å²) in [4.78, 5) is 0. The van der Waals surface area contributed by atoms with Gasteiger partial charge in [-0.25, -0.2) is 8.78 Å². The molecule has 0 heterocycles. The predicted octanol–water partition coefficient (Wildman–Crippen LogP) is 5.05. The third-order valence-electron chi connectivity index (χ3n) is 3.18. The average molecular weight is 281 g/mol. The Morgan fingerprint density at radius 1 is 1.05 bits per heavy atom. The lowest BCUT2D eigenvalue weighted by molar-refractivity contribution is 0.498. The molecule has 0 saturated carbocycles. The molecule has 2 aromatic rings. The van der Waals surface area contributed by atoms with E-state index in [4.69, 9.17) is 11.6 Å². The standard InChI is InChI=1S/C16H15ClF2/c1-2-11-6-8-12(9-7-11)14(17)10-13-4-3-5-15(18)16(13)19/h3-9,14H,2,10H2,1H3.